The summed E-state index contributed by atoms with van der Waals surface area (Å²) in [7, 11) is 0. The summed E-state index contributed by atoms with van der Waals surface area (Å²) in [6.07, 6.45) is 8.16. The lowest BCUT2D eigenvalue weighted by molar-refractivity contribution is -0.144. The summed E-state index contributed by atoms with van der Waals surface area (Å²) in [4.78, 5) is 11.3. The maximum Gasteiger partial charge on any atom is 0.306 e. The van der Waals surface area contributed by atoms with Crippen molar-refractivity contribution in [3.63, 3.8) is 0 Å². The minimum absolute atomic E-state index is 0.113. The van der Waals surface area contributed by atoms with Gasteiger partial charge in [0.05, 0.1) is 5.92 Å². The van der Waals surface area contributed by atoms with Crippen molar-refractivity contribution >= 4 is 5.97 Å². The second kappa shape index (κ2) is 6.74. The van der Waals surface area contributed by atoms with Gasteiger partial charge < -0.3 is 10.4 Å². The molecule has 0 amide bonds. The molecule has 5 unspecified atom stereocenters. The topological polar surface area (TPSA) is 49.3 Å². The maximum atomic E-state index is 11.3. The molecule has 0 saturated heterocycles. The number of carboxylic acids is 1. The molecule has 0 aromatic rings. The molecule has 2 fully saturated rings. The fraction of sp³-hybridized carbons (Fsp3) is 0.938. The van der Waals surface area contributed by atoms with E-state index < -0.39 is 5.97 Å². The molecule has 0 spiro atoms. The molecule has 2 rings (SSSR count). The van der Waals surface area contributed by atoms with Gasteiger partial charge in [0.1, 0.15) is 0 Å². The van der Waals surface area contributed by atoms with E-state index in [-0.39, 0.29) is 5.92 Å². The summed E-state index contributed by atoms with van der Waals surface area (Å²) in [5.74, 6) is 1.20. The fourth-order valence-corrected chi connectivity index (χ4v) is 3.90. The summed E-state index contributed by atoms with van der Waals surface area (Å²) in [6, 6.07) is 0.597. The van der Waals surface area contributed by atoms with Gasteiger partial charge in [-0.1, -0.05) is 33.1 Å². The van der Waals surface area contributed by atoms with Gasteiger partial charge in [-0.2, -0.15) is 0 Å². The fourth-order valence-electron chi connectivity index (χ4n) is 3.90. The third kappa shape index (κ3) is 3.95. The van der Waals surface area contributed by atoms with Crippen LogP contribution in [0.3, 0.4) is 0 Å². The number of rotatable bonds is 4. The molecule has 5 atom stereocenters. The molecular weight excluding hydrogens is 238 g/mol. The number of hydrogen-bond donors (Lipinski definition) is 2. The molecule has 2 saturated carbocycles. The van der Waals surface area contributed by atoms with Gasteiger partial charge in [-0.25, -0.2) is 0 Å². The van der Waals surface area contributed by atoms with Crippen LogP contribution in [0.1, 0.15) is 58.8 Å². The first kappa shape index (κ1) is 14.8. The lowest BCUT2D eigenvalue weighted by Gasteiger charge is -2.36. The van der Waals surface area contributed by atoms with E-state index in [0.717, 1.165) is 37.6 Å². The Bertz CT molecular complexity index is 305. The second-order valence-electron chi connectivity index (χ2n) is 6.90. The summed E-state index contributed by atoms with van der Waals surface area (Å²) >= 11 is 0. The molecule has 0 aromatic carbocycles. The quantitative estimate of drug-likeness (QED) is 0.821. The molecule has 2 aliphatic rings. The Morgan fingerprint density at radius 3 is 2.63 bits per heavy atom. The van der Waals surface area contributed by atoms with E-state index in [2.05, 4.69) is 19.2 Å². The highest BCUT2D eigenvalue weighted by molar-refractivity contribution is 5.70. The Morgan fingerprint density at radius 2 is 1.89 bits per heavy atom. The average molecular weight is 267 g/mol. The predicted molar refractivity (Wildman–Crippen MR) is 77.1 cm³/mol. The van der Waals surface area contributed by atoms with Crippen LogP contribution < -0.4 is 5.32 Å². The van der Waals surface area contributed by atoms with Crippen molar-refractivity contribution in [2.45, 2.75) is 64.8 Å². The zero-order chi connectivity index (χ0) is 13.8. The van der Waals surface area contributed by atoms with Crippen LogP contribution in [0.25, 0.3) is 0 Å². The zero-order valence-corrected chi connectivity index (χ0v) is 12.4. The van der Waals surface area contributed by atoms with E-state index in [0.29, 0.717) is 12.0 Å². The Kier molecular flexibility index (Phi) is 5.26. The average Bonchev–Trinajstić information content (AvgIpc) is 2.40. The van der Waals surface area contributed by atoms with Gasteiger partial charge in [-0.15, -0.1) is 0 Å². The van der Waals surface area contributed by atoms with Crippen molar-refractivity contribution in [2.75, 3.05) is 6.54 Å². The summed E-state index contributed by atoms with van der Waals surface area (Å²) in [6.45, 7) is 5.57. The highest BCUT2D eigenvalue weighted by Crippen LogP contribution is 2.32. The first-order valence-electron chi connectivity index (χ1n) is 8.04. The molecule has 0 bridgehead atoms. The van der Waals surface area contributed by atoms with Crippen molar-refractivity contribution in [1.82, 2.24) is 5.32 Å². The first-order valence-corrected chi connectivity index (χ1v) is 8.04. The highest BCUT2D eigenvalue weighted by atomic mass is 16.4. The van der Waals surface area contributed by atoms with E-state index >= 15 is 0 Å². The maximum absolute atomic E-state index is 11.3. The van der Waals surface area contributed by atoms with Crippen LogP contribution >= 0.6 is 0 Å². The second-order valence-corrected chi connectivity index (χ2v) is 6.90. The number of hydrogen-bond acceptors (Lipinski definition) is 2. The van der Waals surface area contributed by atoms with Crippen molar-refractivity contribution in [1.29, 1.82) is 0 Å². The summed E-state index contributed by atoms with van der Waals surface area (Å²) in [5.41, 5.74) is 0. The van der Waals surface area contributed by atoms with E-state index in [9.17, 15) is 9.90 Å². The van der Waals surface area contributed by atoms with Crippen molar-refractivity contribution in [2.24, 2.45) is 23.7 Å². The number of aliphatic carboxylic acids is 1. The van der Waals surface area contributed by atoms with Crippen LogP contribution in [-0.2, 0) is 4.79 Å². The lowest BCUT2D eigenvalue weighted by atomic mass is 9.77. The van der Waals surface area contributed by atoms with Crippen molar-refractivity contribution in [3.05, 3.63) is 0 Å². The molecular formula is C16H29NO2. The van der Waals surface area contributed by atoms with Gasteiger partial charge in [0.2, 0.25) is 0 Å². The lowest BCUT2D eigenvalue weighted by Crippen LogP contribution is -2.44. The predicted octanol–water partition coefficient (Wildman–Crippen LogP) is 3.29. The van der Waals surface area contributed by atoms with E-state index in [1.807, 2.05) is 0 Å². The van der Waals surface area contributed by atoms with Gasteiger partial charge in [-0.05, 0) is 50.0 Å². The molecule has 2 aliphatic carbocycles. The summed E-state index contributed by atoms with van der Waals surface area (Å²) in [5, 5.41) is 13.0. The van der Waals surface area contributed by atoms with Gasteiger partial charge in [0, 0.05) is 6.04 Å². The van der Waals surface area contributed by atoms with Gasteiger partial charge in [0.15, 0.2) is 0 Å². The molecule has 3 heteroatoms. The van der Waals surface area contributed by atoms with Gasteiger partial charge >= 0.3 is 5.97 Å². The van der Waals surface area contributed by atoms with Crippen molar-refractivity contribution < 1.29 is 9.90 Å². The van der Waals surface area contributed by atoms with Gasteiger partial charge in [0.25, 0.3) is 0 Å². The number of nitrogens with one attached hydrogen (secondary N) is 1. The minimum Gasteiger partial charge on any atom is -0.481 e. The first-order chi connectivity index (χ1) is 9.08. The Hall–Kier alpha value is -0.570. The van der Waals surface area contributed by atoms with Crippen LogP contribution in [0.5, 0.6) is 0 Å². The molecule has 110 valence electrons. The van der Waals surface area contributed by atoms with Crippen LogP contribution in [0.15, 0.2) is 0 Å². The molecule has 3 nitrogen and oxygen atoms in total. The molecule has 19 heavy (non-hydrogen) atoms. The molecule has 0 aromatic heterocycles. The smallest absolute Gasteiger partial charge is 0.306 e. The van der Waals surface area contributed by atoms with Crippen LogP contribution in [0.4, 0.5) is 0 Å². The normalized spacial score (nSPS) is 40.0. The SMILES string of the molecule is CC1CCC(C)C(NCC2CCCCC2C(=O)O)C1. The summed E-state index contributed by atoms with van der Waals surface area (Å²) < 4.78 is 0. The Balaban J connectivity index is 1.84. The third-order valence-electron chi connectivity index (χ3n) is 5.33. The third-order valence-corrected chi connectivity index (χ3v) is 5.33. The van der Waals surface area contributed by atoms with Crippen LogP contribution in [0.2, 0.25) is 0 Å². The minimum atomic E-state index is -0.587. The molecule has 0 radical (unpaired) electrons. The van der Waals surface area contributed by atoms with E-state index in [4.69, 9.17) is 0 Å². The van der Waals surface area contributed by atoms with Crippen molar-refractivity contribution in [3.8, 4) is 0 Å². The molecule has 0 aliphatic heterocycles. The van der Waals surface area contributed by atoms with E-state index in [1.54, 1.807) is 0 Å². The molecule has 0 heterocycles. The van der Waals surface area contributed by atoms with Crippen LogP contribution in [0, 0.1) is 23.7 Å². The largest absolute Gasteiger partial charge is 0.481 e. The Morgan fingerprint density at radius 1 is 1.16 bits per heavy atom. The number of carbonyl (C=O) groups is 1. The molecule has 2 N–H and O–H groups in total. The standard InChI is InChI=1S/C16H29NO2/c1-11-7-8-12(2)15(9-11)17-10-13-5-3-4-6-14(13)16(18)19/h11-15,17H,3-10H2,1-2H3,(H,18,19). The van der Waals surface area contributed by atoms with Gasteiger partial charge in [-0.3, -0.25) is 4.79 Å². The van der Waals surface area contributed by atoms with E-state index in [1.165, 1.54) is 25.7 Å². The monoisotopic (exact) mass is 267 g/mol. The zero-order valence-electron chi connectivity index (χ0n) is 12.4. The Labute approximate surface area is 117 Å². The highest BCUT2D eigenvalue weighted by Gasteiger charge is 2.32. The van der Waals surface area contributed by atoms with Crippen LogP contribution in [-0.4, -0.2) is 23.7 Å². The number of carboxylic acid groups (broad SMARTS) is 1.